The first-order valence-corrected chi connectivity index (χ1v) is 11.8. The summed E-state index contributed by atoms with van der Waals surface area (Å²) in [6.07, 6.45) is 2.37. The molecule has 0 radical (unpaired) electrons. The van der Waals surface area contributed by atoms with Crippen molar-refractivity contribution >= 4 is 33.1 Å². The predicted octanol–water partition coefficient (Wildman–Crippen LogP) is 5.21. The predicted molar refractivity (Wildman–Crippen MR) is 131 cm³/mol. The lowest BCUT2D eigenvalue weighted by Crippen LogP contribution is -2.37. The first-order chi connectivity index (χ1) is 15.6. The van der Waals surface area contributed by atoms with Crippen molar-refractivity contribution in [3.63, 3.8) is 0 Å². The van der Waals surface area contributed by atoms with Gasteiger partial charge in [-0.05, 0) is 36.6 Å². The maximum Gasteiger partial charge on any atom is 0.262 e. The van der Waals surface area contributed by atoms with E-state index in [1.165, 1.54) is 0 Å². The lowest BCUT2D eigenvalue weighted by molar-refractivity contribution is -0.119. The second-order valence-corrected chi connectivity index (χ2v) is 8.87. The smallest absolute Gasteiger partial charge is 0.262 e. The fraction of sp³-hybridized carbons (Fsp3) is 0.269. The zero-order chi connectivity index (χ0) is 22.5. The summed E-state index contributed by atoms with van der Waals surface area (Å²) in [7, 11) is 0. The van der Waals surface area contributed by atoms with Crippen LogP contribution in [0.15, 0.2) is 71.5 Å². The number of hydrogen-bond acceptors (Lipinski definition) is 4. The van der Waals surface area contributed by atoms with Gasteiger partial charge in [-0.15, -0.1) is 11.3 Å². The van der Waals surface area contributed by atoms with Crippen LogP contribution in [0, 0.1) is 0 Å². The SMILES string of the molecule is CCCc1nc2sc(CC)cc2c(=O)n1CC(=O)N(Cc1ccccc1)c1ccccc1. The molecule has 0 bridgehead atoms. The molecular formula is C26H27N3O2S. The number of aromatic nitrogens is 2. The topological polar surface area (TPSA) is 55.2 Å². The number of thiophene rings is 1. The van der Waals surface area contributed by atoms with E-state index in [1.54, 1.807) is 20.8 Å². The van der Waals surface area contributed by atoms with Gasteiger partial charge in [0.15, 0.2) is 0 Å². The van der Waals surface area contributed by atoms with Gasteiger partial charge < -0.3 is 4.90 Å². The van der Waals surface area contributed by atoms with E-state index in [1.807, 2.05) is 66.7 Å². The number of benzene rings is 2. The molecule has 0 atom stereocenters. The fourth-order valence-corrected chi connectivity index (χ4v) is 4.75. The number of rotatable bonds is 8. The Hall–Kier alpha value is -3.25. The zero-order valence-corrected chi connectivity index (χ0v) is 19.3. The van der Waals surface area contributed by atoms with Gasteiger partial charge in [0.05, 0.1) is 11.9 Å². The molecule has 4 rings (SSSR count). The number of nitrogens with zero attached hydrogens (tertiary/aromatic N) is 3. The van der Waals surface area contributed by atoms with E-state index in [4.69, 9.17) is 4.98 Å². The van der Waals surface area contributed by atoms with Crippen molar-refractivity contribution in [3.05, 3.63) is 93.3 Å². The quantitative estimate of drug-likeness (QED) is 0.374. The Labute approximate surface area is 192 Å². The number of hydrogen-bond donors (Lipinski definition) is 0. The average molecular weight is 446 g/mol. The number of fused-ring (bicyclic) bond motifs is 1. The van der Waals surface area contributed by atoms with E-state index in [9.17, 15) is 9.59 Å². The summed E-state index contributed by atoms with van der Waals surface area (Å²) in [6.45, 7) is 4.53. The summed E-state index contributed by atoms with van der Waals surface area (Å²) in [6, 6.07) is 21.4. The lowest BCUT2D eigenvalue weighted by Gasteiger charge is -2.24. The Balaban J connectivity index is 1.73. The van der Waals surface area contributed by atoms with Gasteiger partial charge in [-0.3, -0.25) is 14.2 Å². The molecule has 0 fully saturated rings. The summed E-state index contributed by atoms with van der Waals surface area (Å²) in [5.74, 6) is 0.544. The highest BCUT2D eigenvalue weighted by Crippen LogP contribution is 2.23. The number of para-hydroxylation sites is 1. The minimum absolute atomic E-state index is 0.0316. The Bertz CT molecular complexity index is 1260. The molecule has 2 aromatic carbocycles. The van der Waals surface area contributed by atoms with Crippen LogP contribution in [0.1, 0.15) is 36.5 Å². The highest BCUT2D eigenvalue weighted by atomic mass is 32.1. The standard InChI is InChI=1S/C26H27N3O2S/c1-3-11-23-27-25-22(16-21(4-2)32-25)26(31)29(23)18-24(30)28(20-14-9-6-10-15-20)17-19-12-7-5-8-13-19/h5-10,12-16H,3-4,11,17-18H2,1-2H3. The molecule has 164 valence electrons. The van der Waals surface area contributed by atoms with Crippen LogP contribution >= 0.6 is 11.3 Å². The summed E-state index contributed by atoms with van der Waals surface area (Å²) < 4.78 is 1.57. The molecule has 0 unspecified atom stereocenters. The van der Waals surface area contributed by atoms with Crippen molar-refractivity contribution in [2.75, 3.05) is 4.90 Å². The van der Waals surface area contributed by atoms with E-state index < -0.39 is 0 Å². The Morgan fingerprint density at radius 2 is 1.72 bits per heavy atom. The third-order valence-corrected chi connectivity index (χ3v) is 6.62. The van der Waals surface area contributed by atoms with Crippen LogP contribution in [0.3, 0.4) is 0 Å². The zero-order valence-electron chi connectivity index (χ0n) is 18.5. The number of amides is 1. The highest BCUT2D eigenvalue weighted by Gasteiger charge is 2.21. The van der Waals surface area contributed by atoms with E-state index in [2.05, 4.69) is 13.8 Å². The van der Waals surface area contributed by atoms with Crippen LogP contribution < -0.4 is 10.5 Å². The summed E-state index contributed by atoms with van der Waals surface area (Å²) in [4.78, 5) is 35.3. The van der Waals surface area contributed by atoms with Crippen molar-refractivity contribution < 1.29 is 4.79 Å². The normalized spacial score (nSPS) is 11.1. The van der Waals surface area contributed by atoms with Crippen LogP contribution in [0.4, 0.5) is 5.69 Å². The molecule has 2 heterocycles. The van der Waals surface area contributed by atoms with Gasteiger partial charge in [0.2, 0.25) is 5.91 Å². The van der Waals surface area contributed by atoms with Crippen LogP contribution in [0.2, 0.25) is 0 Å². The van der Waals surface area contributed by atoms with Crippen LogP contribution in [-0.2, 0) is 30.7 Å². The molecule has 0 aliphatic carbocycles. The molecule has 0 aliphatic rings. The molecule has 4 aromatic rings. The van der Waals surface area contributed by atoms with E-state index in [0.29, 0.717) is 24.2 Å². The largest absolute Gasteiger partial charge is 0.306 e. The molecule has 0 N–H and O–H groups in total. The molecule has 5 nitrogen and oxygen atoms in total. The van der Waals surface area contributed by atoms with Crippen molar-refractivity contribution in [3.8, 4) is 0 Å². The first-order valence-electron chi connectivity index (χ1n) is 11.0. The molecular weight excluding hydrogens is 418 g/mol. The molecule has 0 spiro atoms. The molecule has 1 amide bonds. The average Bonchev–Trinajstić information content (AvgIpc) is 3.25. The van der Waals surface area contributed by atoms with Crippen molar-refractivity contribution in [1.29, 1.82) is 0 Å². The van der Waals surface area contributed by atoms with Crippen LogP contribution in [0.25, 0.3) is 10.2 Å². The second-order valence-electron chi connectivity index (χ2n) is 7.76. The fourth-order valence-electron chi connectivity index (χ4n) is 3.78. The molecule has 6 heteroatoms. The van der Waals surface area contributed by atoms with Gasteiger partial charge in [0.1, 0.15) is 17.2 Å². The minimum Gasteiger partial charge on any atom is -0.306 e. The molecule has 0 saturated carbocycles. The number of aryl methyl sites for hydroxylation is 2. The lowest BCUT2D eigenvalue weighted by atomic mass is 10.2. The van der Waals surface area contributed by atoms with Gasteiger partial charge in [0, 0.05) is 17.0 Å². The number of carbonyl (C=O) groups is 1. The molecule has 2 aromatic heterocycles. The van der Waals surface area contributed by atoms with E-state index in [0.717, 1.165) is 33.8 Å². The van der Waals surface area contributed by atoms with Gasteiger partial charge in [-0.2, -0.15) is 0 Å². The maximum absolute atomic E-state index is 13.6. The third kappa shape index (κ3) is 4.65. The van der Waals surface area contributed by atoms with Crippen molar-refractivity contribution in [2.45, 2.75) is 46.2 Å². The summed E-state index contributed by atoms with van der Waals surface area (Å²) >= 11 is 1.56. The number of anilines is 1. The van der Waals surface area contributed by atoms with Gasteiger partial charge >= 0.3 is 0 Å². The van der Waals surface area contributed by atoms with Crippen LogP contribution in [0.5, 0.6) is 0 Å². The summed E-state index contributed by atoms with van der Waals surface area (Å²) in [5, 5.41) is 0.605. The van der Waals surface area contributed by atoms with Crippen LogP contribution in [-0.4, -0.2) is 15.5 Å². The second kappa shape index (κ2) is 9.92. The van der Waals surface area contributed by atoms with E-state index >= 15 is 0 Å². The third-order valence-electron chi connectivity index (χ3n) is 5.45. The molecule has 32 heavy (non-hydrogen) atoms. The Morgan fingerprint density at radius 3 is 2.38 bits per heavy atom. The maximum atomic E-state index is 13.6. The van der Waals surface area contributed by atoms with E-state index in [-0.39, 0.29) is 18.0 Å². The minimum atomic E-state index is -0.133. The van der Waals surface area contributed by atoms with Gasteiger partial charge in [-0.25, -0.2) is 4.98 Å². The molecule has 0 aliphatic heterocycles. The van der Waals surface area contributed by atoms with Crippen molar-refractivity contribution in [1.82, 2.24) is 9.55 Å². The monoisotopic (exact) mass is 445 g/mol. The number of carbonyl (C=O) groups excluding carboxylic acids is 1. The van der Waals surface area contributed by atoms with Crippen molar-refractivity contribution in [2.24, 2.45) is 0 Å². The van der Waals surface area contributed by atoms with Gasteiger partial charge in [0.25, 0.3) is 5.56 Å². The summed E-state index contributed by atoms with van der Waals surface area (Å²) in [5.41, 5.74) is 1.71. The molecule has 0 saturated heterocycles. The Kier molecular flexibility index (Phi) is 6.81. The highest BCUT2D eigenvalue weighted by molar-refractivity contribution is 7.18. The van der Waals surface area contributed by atoms with Gasteiger partial charge in [-0.1, -0.05) is 62.4 Å². The Morgan fingerprint density at radius 1 is 1.03 bits per heavy atom. The first kappa shape index (κ1) is 22.0.